The number of hydrogen-bond acceptors (Lipinski definition) is 10. The lowest BCUT2D eigenvalue weighted by Gasteiger charge is -2.47. The van der Waals surface area contributed by atoms with E-state index in [0.717, 1.165) is 0 Å². The van der Waals surface area contributed by atoms with Crippen LogP contribution in [-0.4, -0.2) is 72.9 Å². The second-order valence-corrected chi connectivity index (χ2v) is 4.24. The van der Waals surface area contributed by atoms with Crippen LogP contribution in [0.25, 0.3) is 0 Å². The van der Waals surface area contributed by atoms with Gasteiger partial charge < -0.3 is 36.0 Å². The van der Waals surface area contributed by atoms with Crippen molar-refractivity contribution in [2.24, 2.45) is 5.73 Å². The molecule has 0 aliphatic carbocycles. The second-order valence-electron chi connectivity index (χ2n) is 3.84. The van der Waals surface area contributed by atoms with Crippen molar-refractivity contribution in [1.29, 1.82) is 0 Å². The van der Waals surface area contributed by atoms with Gasteiger partial charge in [-0.05, 0) is 0 Å². The zero-order valence-corrected chi connectivity index (χ0v) is 10.4. The first kappa shape index (κ1) is 16.4. The number of rotatable bonds is 4. The molecule has 1 heterocycles. The van der Waals surface area contributed by atoms with Crippen LogP contribution in [0.4, 0.5) is 4.79 Å². The third kappa shape index (κ3) is 3.25. The number of carbonyl (C=O) groups excluding carboxylic acids is 1. The summed E-state index contributed by atoms with van der Waals surface area (Å²) in [6, 6.07) is -1.02. The summed E-state index contributed by atoms with van der Waals surface area (Å²) in [4.78, 5) is 10.5. The third-order valence-corrected chi connectivity index (χ3v) is 2.92. The molecule has 0 radical (unpaired) electrons. The van der Waals surface area contributed by atoms with Gasteiger partial charge in [0.25, 0.3) is 5.91 Å². The lowest BCUT2D eigenvalue weighted by atomic mass is 9.97. The van der Waals surface area contributed by atoms with Gasteiger partial charge in [-0.25, -0.2) is 4.79 Å². The normalized spacial score (nSPS) is 39.3. The summed E-state index contributed by atoms with van der Waals surface area (Å²) >= 11 is 3.68. The Kier molecular flexibility index (Phi) is 5.31. The zero-order chi connectivity index (χ0) is 14.8. The van der Waals surface area contributed by atoms with Crippen LogP contribution in [0.15, 0.2) is 0 Å². The molecule has 11 nitrogen and oxygen atoms in total. The Morgan fingerprint density at radius 1 is 1.42 bits per heavy atom. The Bertz CT molecular complexity index is 335. The number of amides is 2. The highest BCUT2D eigenvalue weighted by molar-refractivity contribution is 7.77. The van der Waals surface area contributed by atoms with Gasteiger partial charge in [-0.15, -0.1) is 4.41 Å². The van der Waals surface area contributed by atoms with E-state index in [2.05, 4.69) is 12.8 Å². The van der Waals surface area contributed by atoms with Crippen molar-refractivity contribution in [3.63, 3.8) is 0 Å². The molecular weight excluding hydrogens is 284 g/mol. The first-order valence-corrected chi connectivity index (χ1v) is 5.49. The van der Waals surface area contributed by atoms with Crippen LogP contribution in [-0.2, 0) is 4.74 Å². The van der Waals surface area contributed by atoms with E-state index in [1.807, 2.05) is 11.0 Å². The molecule has 1 aliphatic heterocycles. The molecule has 0 aromatic rings. The fraction of sp³-hybridized carbons (Fsp3) is 0.857. The van der Waals surface area contributed by atoms with Crippen LogP contribution in [0.5, 0.6) is 0 Å². The van der Waals surface area contributed by atoms with Crippen molar-refractivity contribution >= 4 is 18.8 Å². The summed E-state index contributed by atoms with van der Waals surface area (Å²) in [6.45, 7) is -0.738. The molecule has 0 aromatic carbocycles. The van der Waals surface area contributed by atoms with Crippen LogP contribution in [0.2, 0.25) is 0 Å². The fourth-order valence-electron chi connectivity index (χ4n) is 1.50. The molecule has 2 amide bonds. The lowest BCUT2D eigenvalue weighted by molar-refractivity contribution is -0.392. The van der Waals surface area contributed by atoms with Gasteiger partial charge in [-0.1, -0.05) is 12.8 Å². The minimum Gasteiger partial charge on any atom is -0.394 e. The molecule has 9 N–H and O–H groups in total. The predicted molar refractivity (Wildman–Crippen MR) is 61.6 cm³/mol. The Morgan fingerprint density at radius 3 is 2.47 bits per heavy atom. The van der Waals surface area contributed by atoms with Gasteiger partial charge in [0.15, 0.2) is 6.10 Å². The molecule has 1 unspecified atom stereocenters. The number of aliphatic hydroxyl groups excluding tert-OH is 4. The molecule has 19 heavy (non-hydrogen) atoms. The Morgan fingerprint density at radius 2 is 2.00 bits per heavy atom. The molecule has 12 heteroatoms. The number of nitrogens with zero attached hydrogens (tertiary/aromatic N) is 1. The van der Waals surface area contributed by atoms with Crippen LogP contribution < -0.4 is 16.7 Å². The van der Waals surface area contributed by atoms with E-state index in [1.165, 1.54) is 0 Å². The molecule has 112 valence electrons. The molecule has 0 aromatic heterocycles. The number of nitrogens with two attached hydrogens (primary N) is 1. The van der Waals surface area contributed by atoms with Gasteiger partial charge in [-0.3, -0.25) is 5.43 Å². The number of urea groups is 1. The second kappa shape index (κ2) is 6.17. The van der Waals surface area contributed by atoms with Gasteiger partial charge in [0, 0.05) is 0 Å². The van der Waals surface area contributed by atoms with Gasteiger partial charge in [0.05, 0.1) is 6.61 Å². The molecule has 1 fully saturated rings. The summed E-state index contributed by atoms with van der Waals surface area (Å²) in [7, 11) is 0. The van der Waals surface area contributed by atoms with Crippen LogP contribution >= 0.6 is 12.8 Å². The van der Waals surface area contributed by atoms with E-state index in [-0.39, 0.29) is 0 Å². The summed E-state index contributed by atoms with van der Waals surface area (Å²) in [5.74, 6) is -2.64. The first-order chi connectivity index (χ1) is 8.74. The van der Waals surface area contributed by atoms with Crippen molar-refractivity contribution in [2.75, 3.05) is 6.61 Å². The van der Waals surface area contributed by atoms with E-state index < -0.39 is 43.0 Å². The summed E-state index contributed by atoms with van der Waals surface area (Å²) in [5.41, 5.74) is 8.56. The van der Waals surface area contributed by atoms with E-state index >= 15 is 0 Å². The van der Waals surface area contributed by atoms with E-state index in [4.69, 9.17) is 15.6 Å². The summed E-state index contributed by atoms with van der Waals surface area (Å²) in [6.07, 6.45) is -6.83. The molecule has 1 rings (SSSR count). The average Bonchev–Trinajstić information content (AvgIpc) is 2.37. The molecular formula is C7H16N4O7S. The highest BCUT2D eigenvalue weighted by Gasteiger charge is 2.56. The maximum absolute atomic E-state index is 10.5. The minimum atomic E-state index is -2.64. The SMILES string of the molecule is NC(=O)NNN(S)C1(O)O[C@H](CO)[C@H](O)[C@H](O)[C@H]1O. The number of carbonyl (C=O) groups is 1. The average molecular weight is 300 g/mol. The molecule has 0 saturated carbocycles. The number of aliphatic hydroxyl groups is 5. The number of nitrogens with one attached hydrogen (secondary N) is 2. The van der Waals surface area contributed by atoms with Crippen molar-refractivity contribution in [1.82, 2.24) is 15.4 Å². The van der Waals surface area contributed by atoms with Crippen LogP contribution in [0.3, 0.4) is 0 Å². The topological polar surface area (TPSA) is 181 Å². The Hall–Kier alpha value is -0.700. The number of hydrazine groups is 2. The maximum Gasteiger partial charge on any atom is 0.327 e. The molecule has 0 bridgehead atoms. The molecule has 0 spiro atoms. The van der Waals surface area contributed by atoms with Crippen LogP contribution in [0.1, 0.15) is 0 Å². The number of hydrogen-bond donors (Lipinski definition) is 9. The van der Waals surface area contributed by atoms with Crippen molar-refractivity contribution < 1.29 is 35.1 Å². The Labute approximate surface area is 113 Å². The predicted octanol–water partition coefficient (Wildman–Crippen LogP) is -4.66. The lowest BCUT2D eigenvalue weighted by Crippen LogP contribution is -2.72. The van der Waals surface area contributed by atoms with Crippen molar-refractivity contribution in [2.45, 2.75) is 30.3 Å². The Balaban J connectivity index is 2.84. The smallest absolute Gasteiger partial charge is 0.327 e. The quantitative estimate of drug-likeness (QED) is 0.140. The molecule has 1 saturated heterocycles. The van der Waals surface area contributed by atoms with Gasteiger partial charge in [-0.2, -0.15) is 5.53 Å². The third-order valence-electron chi connectivity index (χ3n) is 2.53. The summed E-state index contributed by atoms with van der Waals surface area (Å²) < 4.78 is 5.26. The van der Waals surface area contributed by atoms with Gasteiger partial charge in [0.2, 0.25) is 0 Å². The number of thiol groups is 1. The fourth-order valence-corrected chi connectivity index (χ4v) is 1.72. The number of primary amides is 1. The van der Waals surface area contributed by atoms with Gasteiger partial charge >= 0.3 is 6.03 Å². The highest BCUT2D eigenvalue weighted by Crippen LogP contribution is 2.30. The first-order valence-electron chi connectivity index (χ1n) is 5.09. The van der Waals surface area contributed by atoms with E-state index in [1.54, 1.807) is 0 Å². The monoisotopic (exact) mass is 300 g/mol. The zero-order valence-electron chi connectivity index (χ0n) is 9.54. The van der Waals surface area contributed by atoms with E-state index in [0.29, 0.717) is 4.41 Å². The maximum atomic E-state index is 10.5. The van der Waals surface area contributed by atoms with Crippen LogP contribution in [0, 0.1) is 0 Å². The molecule has 1 aliphatic rings. The largest absolute Gasteiger partial charge is 0.394 e. The van der Waals surface area contributed by atoms with Crippen molar-refractivity contribution in [3.8, 4) is 0 Å². The standard InChI is InChI=1S/C7H16N4O7S/c8-6(16)9-10-11(19)7(17)5(15)4(14)3(13)2(1-12)18-7/h2-5,10,12-15,17,19H,1H2,(H3,8,9,16)/t2-,3+,4+,5-,7?/m1/s1. The highest BCUT2D eigenvalue weighted by atomic mass is 32.1. The van der Waals surface area contributed by atoms with Gasteiger partial charge in [0.1, 0.15) is 18.3 Å². The molecule has 5 atom stereocenters. The number of ether oxygens (including phenoxy) is 1. The van der Waals surface area contributed by atoms with Crippen molar-refractivity contribution in [3.05, 3.63) is 0 Å². The minimum absolute atomic E-state index is 0.403. The summed E-state index contributed by atoms with van der Waals surface area (Å²) in [5, 5.41) is 47.7. The van der Waals surface area contributed by atoms with E-state index in [9.17, 15) is 25.2 Å².